The van der Waals surface area contributed by atoms with Gasteiger partial charge in [-0.05, 0) is 28.1 Å². The second-order valence-electron chi connectivity index (χ2n) is 6.19. The van der Waals surface area contributed by atoms with Crippen LogP contribution in [0.25, 0.3) is 0 Å². The molecule has 0 atom stereocenters. The number of carbonyl (C=O) groups is 2. The summed E-state index contributed by atoms with van der Waals surface area (Å²) >= 11 is 6.05. The highest BCUT2D eigenvalue weighted by Gasteiger charge is 2.37. The molecule has 10 heteroatoms. The zero-order valence-electron chi connectivity index (χ0n) is 14.5. The van der Waals surface area contributed by atoms with Crippen LogP contribution in [-0.2, 0) is 10.0 Å². The summed E-state index contributed by atoms with van der Waals surface area (Å²) in [6.45, 7) is 1.16. The third-order valence-electron chi connectivity index (χ3n) is 4.47. The van der Waals surface area contributed by atoms with Crippen LogP contribution in [0.15, 0.2) is 55.8 Å². The van der Waals surface area contributed by atoms with Gasteiger partial charge in [-0.15, -0.1) is 11.3 Å². The number of nitrogens with zero attached hydrogens (tertiary/aromatic N) is 1. The first-order valence-corrected chi connectivity index (χ1v) is 12.7. The standard InChI is InChI=1S/C18H15BrN2O4S3/c19-13-5-6-14(27-13)28(24,25)20-15-16(21-7-9-26-10-8-21)18(23)12-4-2-1-3-11(12)17(15)22/h1-6,20H,7-10H2. The van der Waals surface area contributed by atoms with Gasteiger partial charge in [0, 0.05) is 35.7 Å². The molecule has 2 heterocycles. The van der Waals surface area contributed by atoms with E-state index in [0.717, 1.165) is 22.8 Å². The molecular formula is C18H15BrN2O4S3. The lowest BCUT2D eigenvalue weighted by Gasteiger charge is -2.33. The van der Waals surface area contributed by atoms with Gasteiger partial charge in [-0.25, -0.2) is 8.42 Å². The number of fused-ring (bicyclic) bond motifs is 1. The van der Waals surface area contributed by atoms with Crippen molar-refractivity contribution in [1.29, 1.82) is 0 Å². The molecular weight excluding hydrogens is 484 g/mol. The Kier molecular flexibility index (Phi) is 5.38. The van der Waals surface area contributed by atoms with Gasteiger partial charge in [0.05, 0.1) is 3.79 Å². The number of ketones is 2. The summed E-state index contributed by atoms with van der Waals surface area (Å²) in [5, 5.41) is 0. The van der Waals surface area contributed by atoms with E-state index in [1.807, 2.05) is 4.90 Å². The van der Waals surface area contributed by atoms with Gasteiger partial charge in [-0.3, -0.25) is 14.3 Å². The molecule has 1 N–H and O–H groups in total. The van der Waals surface area contributed by atoms with E-state index >= 15 is 0 Å². The van der Waals surface area contributed by atoms with Crippen molar-refractivity contribution >= 4 is 60.6 Å². The smallest absolute Gasteiger partial charge is 0.271 e. The molecule has 146 valence electrons. The van der Waals surface area contributed by atoms with Crippen LogP contribution in [0.2, 0.25) is 0 Å². The Morgan fingerprint density at radius 2 is 1.61 bits per heavy atom. The van der Waals surface area contributed by atoms with E-state index in [4.69, 9.17) is 0 Å². The third kappa shape index (κ3) is 3.54. The lowest BCUT2D eigenvalue weighted by Crippen LogP contribution is -2.42. The number of nitrogens with one attached hydrogen (secondary N) is 1. The Balaban J connectivity index is 1.83. The fourth-order valence-corrected chi connectivity index (χ4v) is 7.16. The topological polar surface area (TPSA) is 83.6 Å². The van der Waals surface area contributed by atoms with Crippen LogP contribution in [0.3, 0.4) is 0 Å². The summed E-state index contributed by atoms with van der Waals surface area (Å²) in [5.74, 6) is 0.810. The summed E-state index contributed by atoms with van der Waals surface area (Å²) in [6, 6.07) is 9.60. The maximum Gasteiger partial charge on any atom is 0.271 e. The first kappa shape index (κ1) is 19.7. The number of thiophene rings is 1. The molecule has 1 aliphatic heterocycles. The summed E-state index contributed by atoms with van der Waals surface area (Å²) in [7, 11) is -3.99. The quantitative estimate of drug-likeness (QED) is 0.696. The Hall–Kier alpha value is -1.62. The Morgan fingerprint density at radius 1 is 0.964 bits per heavy atom. The molecule has 2 aromatic rings. The molecule has 1 aromatic heterocycles. The van der Waals surface area contributed by atoms with Gasteiger partial charge < -0.3 is 4.90 Å². The van der Waals surface area contributed by atoms with E-state index in [1.54, 1.807) is 42.1 Å². The SMILES string of the molecule is O=C1C(NS(=O)(=O)c2ccc(Br)s2)=C(N2CCSCC2)C(=O)c2ccccc21. The average molecular weight is 499 g/mol. The number of carbonyl (C=O) groups excluding carboxylic acids is 2. The average Bonchev–Trinajstić information content (AvgIpc) is 3.14. The zero-order valence-corrected chi connectivity index (χ0v) is 18.5. The molecule has 2 aliphatic rings. The van der Waals surface area contributed by atoms with Crippen molar-refractivity contribution in [1.82, 2.24) is 9.62 Å². The Morgan fingerprint density at radius 3 is 2.21 bits per heavy atom. The number of hydrogen-bond donors (Lipinski definition) is 1. The van der Waals surface area contributed by atoms with Gasteiger partial charge in [0.15, 0.2) is 0 Å². The molecule has 0 saturated carbocycles. The number of allylic oxidation sites excluding steroid dienone is 2. The fourth-order valence-electron chi connectivity index (χ4n) is 3.17. The maximum absolute atomic E-state index is 13.2. The molecule has 6 nitrogen and oxygen atoms in total. The number of rotatable bonds is 4. The number of halogens is 1. The predicted octanol–water partition coefficient (Wildman–Crippen LogP) is 3.13. The van der Waals surface area contributed by atoms with Gasteiger partial charge in [-0.2, -0.15) is 11.8 Å². The molecule has 0 radical (unpaired) electrons. The Labute approximate surface area is 179 Å². The summed E-state index contributed by atoms with van der Waals surface area (Å²) < 4.78 is 28.9. The van der Waals surface area contributed by atoms with Crippen molar-refractivity contribution in [3.8, 4) is 0 Å². The Bertz CT molecular complexity index is 1100. The van der Waals surface area contributed by atoms with Crippen LogP contribution >= 0.6 is 39.0 Å². The zero-order chi connectivity index (χ0) is 19.9. The van der Waals surface area contributed by atoms with E-state index < -0.39 is 15.8 Å². The first-order chi connectivity index (χ1) is 13.4. The predicted molar refractivity (Wildman–Crippen MR) is 113 cm³/mol. The van der Waals surface area contributed by atoms with E-state index in [2.05, 4.69) is 20.7 Å². The van der Waals surface area contributed by atoms with Gasteiger partial charge >= 0.3 is 0 Å². The number of thioether (sulfide) groups is 1. The molecule has 4 rings (SSSR count). The number of Topliss-reactive ketones (excluding diaryl/α,β-unsaturated/α-hetero) is 2. The molecule has 1 saturated heterocycles. The lowest BCUT2D eigenvalue weighted by molar-refractivity contribution is 0.0940. The summed E-state index contributed by atoms with van der Waals surface area (Å²) in [5.41, 5.74) is 0.499. The largest absolute Gasteiger partial charge is 0.365 e. The molecule has 1 aromatic carbocycles. The lowest BCUT2D eigenvalue weighted by atomic mass is 9.90. The molecule has 1 fully saturated rings. The van der Waals surface area contributed by atoms with Crippen molar-refractivity contribution in [2.24, 2.45) is 0 Å². The van der Waals surface area contributed by atoms with E-state index in [-0.39, 0.29) is 26.9 Å². The van der Waals surface area contributed by atoms with Crippen LogP contribution in [0.4, 0.5) is 0 Å². The minimum atomic E-state index is -3.99. The summed E-state index contributed by atoms with van der Waals surface area (Å²) in [6.07, 6.45) is 0. The van der Waals surface area contributed by atoms with Gasteiger partial charge in [0.25, 0.3) is 10.0 Å². The number of benzene rings is 1. The van der Waals surface area contributed by atoms with Crippen molar-refractivity contribution < 1.29 is 18.0 Å². The molecule has 0 bridgehead atoms. The van der Waals surface area contributed by atoms with Crippen LogP contribution < -0.4 is 4.72 Å². The van der Waals surface area contributed by atoms with Crippen molar-refractivity contribution in [3.05, 3.63) is 62.7 Å². The van der Waals surface area contributed by atoms with E-state index in [9.17, 15) is 18.0 Å². The molecule has 28 heavy (non-hydrogen) atoms. The van der Waals surface area contributed by atoms with Crippen molar-refractivity contribution in [2.45, 2.75) is 4.21 Å². The van der Waals surface area contributed by atoms with Crippen LogP contribution in [0, 0.1) is 0 Å². The highest BCUT2D eigenvalue weighted by molar-refractivity contribution is 9.11. The maximum atomic E-state index is 13.2. The minimum absolute atomic E-state index is 0.0690. The second kappa shape index (κ2) is 7.66. The van der Waals surface area contributed by atoms with Crippen molar-refractivity contribution in [2.75, 3.05) is 24.6 Å². The van der Waals surface area contributed by atoms with Crippen LogP contribution in [-0.4, -0.2) is 49.5 Å². The number of sulfonamides is 1. The minimum Gasteiger partial charge on any atom is -0.365 e. The molecule has 0 spiro atoms. The van der Waals surface area contributed by atoms with Crippen LogP contribution in [0.1, 0.15) is 20.7 Å². The summed E-state index contributed by atoms with van der Waals surface area (Å²) in [4.78, 5) is 28.2. The van der Waals surface area contributed by atoms with Crippen LogP contribution in [0.5, 0.6) is 0 Å². The second-order valence-corrected chi connectivity index (χ2v) is 11.8. The first-order valence-electron chi connectivity index (χ1n) is 8.42. The van der Waals surface area contributed by atoms with E-state index in [0.29, 0.717) is 22.4 Å². The molecule has 1 aliphatic carbocycles. The highest BCUT2D eigenvalue weighted by Crippen LogP contribution is 2.31. The monoisotopic (exact) mass is 498 g/mol. The van der Waals surface area contributed by atoms with Gasteiger partial charge in [0.1, 0.15) is 15.6 Å². The highest BCUT2D eigenvalue weighted by atomic mass is 79.9. The molecule has 0 unspecified atom stereocenters. The normalized spacial score (nSPS) is 17.7. The van der Waals surface area contributed by atoms with E-state index in [1.165, 1.54) is 6.07 Å². The van der Waals surface area contributed by atoms with Crippen molar-refractivity contribution in [3.63, 3.8) is 0 Å². The molecule has 0 amide bonds. The van der Waals surface area contributed by atoms with Gasteiger partial charge in [-0.1, -0.05) is 24.3 Å². The third-order valence-corrected chi connectivity index (χ3v) is 8.88. The van der Waals surface area contributed by atoms with Gasteiger partial charge in [0.2, 0.25) is 11.6 Å². The number of hydrogen-bond acceptors (Lipinski definition) is 7. The fraction of sp³-hybridized carbons (Fsp3) is 0.222.